The van der Waals surface area contributed by atoms with Crippen LogP contribution in [0.1, 0.15) is 26.7 Å². The molecule has 0 aliphatic carbocycles. The van der Waals surface area contributed by atoms with Gasteiger partial charge in [-0.25, -0.2) is 0 Å². The predicted octanol–water partition coefficient (Wildman–Crippen LogP) is 1.00. The first-order valence-corrected chi connectivity index (χ1v) is 4.99. The summed E-state index contributed by atoms with van der Waals surface area (Å²) in [5, 5.41) is 6.44. The molecule has 2 saturated heterocycles. The van der Waals surface area contributed by atoms with Crippen molar-refractivity contribution in [1.82, 2.24) is 10.6 Å². The van der Waals surface area contributed by atoms with Crippen molar-refractivity contribution in [3.05, 3.63) is 0 Å². The molecule has 2 aliphatic heterocycles. The van der Waals surface area contributed by atoms with Crippen molar-refractivity contribution in [3.63, 3.8) is 0 Å². The van der Waals surface area contributed by atoms with Crippen LogP contribution in [0, 0.1) is 0 Å². The topological polar surface area (TPSA) is 33.3 Å². The summed E-state index contributed by atoms with van der Waals surface area (Å²) < 4.78 is 5.01. The van der Waals surface area contributed by atoms with Gasteiger partial charge >= 0.3 is 0 Å². The Bertz CT molecular complexity index is 55.9. The highest BCUT2D eigenvalue weighted by molar-refractivity contribution is 4.55. The molecule has 2 aliphatic rings. The van der Waals surface area contributed by atoms with Crippen LogP contribution >= 0.6 is 0 Å². The average molecular weight is 188 g/mol. The van der Waals surface area contributed by atoms with Crippen LogP contribution in [0.3, 0.4) is 0 Å². The van der Waals surface area contributed by atoms with Crippen LogP contribution in [0.2, 0.25) is 0 Å². The highest BCUT2D eigenvalue weighted by atomic mass is 16.5. The molecule has 80 valence electrons. The molecule has 13 heavy (non-hydrogen) atoms. The third kappa shape index (κ3) is 8.22. The van der Waals surface area contributed by atoms with E-state index in [0.29, 0.717) is 0 Å². The van der Waals surface area contributed by atoms with E-state index >= 15 is 0 Å². The molecule has 3 heteroatoms. The van der Waals surface area contributed by atoms with Crippen LogP contribution in [0.4, 0.5) is 0 Å². The molecule has 0 radical (unpaired) electrons. The SMILES string of the molecule is C.C1CCNCC1.C1COCCN1. The fourth-order valence-corrected chi connectivity index (χ4v) is 1.32. The van der Waals surface area contributed by atoms with Gasteiger partial charge in [0.05, 0.1) is 13.2 Å². The molecule has 0 aromatic heterocycles. The quantitative estimate of drug-likeness (QED) is 0.595. The Balaban J connectivity index is 0.000000206. The minimum atomic E-state index is 0. The Labute approximate surface area is 82.2 Å². The van der Waals surface area contributed by atoms with Gasteiger partial charge in [-0.3, -0.25) is 0 Å². The molecule has 2 fully saturated rings. The van der Waals surface area contributed by atoms with Crippen molar-refractivity contribution < 1.29 is 4.74 Å². The molecule has 2 heterocycles. The second-order valence-electron chi connectivity index (χ2n) is 3.17. The zero-order valence-corrected chi connectivity index (χ0v) is 7.77. The lowest BCUT2D eigenvalue weighted by Crippen LogP contribution is -2.30. The zero-order chi connectivity index (χ0) is 8.49. The molecule has 0 atom stereocenters. The maximum Gasteiger partial charge on any atom is 0.0591 e. The molecular weight excluding hydrogens is 164 g/mol. The smallest absolute Gasteiger partial charge is 0.0591 e. The van der Waals surface area contributed by atoms with Crippen molar-refractivity contribution in [2.75, 3.05) is 39.4 Å². The van der Waals surface area contributed by atoms with Crippen LogP contribution in [-0.2, 0) is 4.74 Å². The van der Waals surface area contributed by atoms with Gasteiger partial charge in [0.2, 0.25) is 0 Å². The maximum atomic E-state index is 5.01. The lowest BCUT2D eigenvalue weighted by molar-refractivity contribution is 0.109. The third-order valence-electron chi connectivity index (χ3n) is 2.05. The van der Waals surface area contributed by atoms with Crippen LogP contribution in [0.25, 0.3) is 0 Å². The standard InChI is InChI=1S/C5H11N.C4H9NO.CH4/c1-2-4-6-5-3-1;1-3-6-4-2-5-1;/h6H,1-5H2;5H,1-4H2;1H4. The minimum absolute atomic E-state index is 0. The molecule has 0 aromatic carbocycles. The Morgan fingerprint density at radius 3 is 1.38 bits per heavy atom. The van der Waals surface area contributed by atoms with Gasteiger partial charge in [-0.05, 0) is 25.9 Å². The molecule has 0 unspecified atom stereocenters. The first-order valence-electron chi connectivity index (χ1n) is 4.99. The molecule has 2 rings (SSSR count). The maximum absolute atomic E-state index is 5.01. The summed E-state index contributed by atoms with van der Waals surface area (Å²) in [7, 11) is 0. The number of piperidine rings is 1. The molecule has 0 spiro atoms. The largest absolute Gasteiger partial charge is 0.379 e. The van der Waals surface area contributed by atoms with Crippen LogP contribution in [0.15, 0.2) is 0 Å². The van der Waals surface area contributed by atoms with E-state index in [1.165, 1.54) is 32.4 Å². The molecule has 0 bridgehead atoms. The van der Waals surface area contributed by atoms with Gasteiger partial charge < -0.3 is 15.4 Å². The molecule has 0 saturated carbocycles. The van der Waals surface area contributed by atoms with Crippen LogP contribution in [0.5, 0.6) is 0 Å². The fraction of sp³-hybridized carbons (Fsp3) is 1.00. The van der Waals surface area contributed by atoms with E-state index in [9.17, 15) is 0 Å². The summed E-state index contributed by atoms with van der Waals surface area (Å²) in [5.41, 5.74) is 0. The predicted molar refractivity (Wildman–Crippen MR) is 57.1 cm³/mol. The summed E-state index contributed by atoms with van der Waals surface area (Å²) in [6, 6.07) is 0. The summed E-state index contributed by atoms with van der Waals surface area (Å²) in [6.45, 7) is 6.33. The first kappa shape index (κ1) is 12.9. The van der Waals surface area contributed by atoms with Gasteiger partial charge in [0.25, 0.3) is 0 Å². The first-order chi connectivity index (χ1) is 6.00. The van der Waals surface area contributed by atoms with E-state index in [1.54, 1.807) is 0 Å². The molecular formula is C10H24N2O. The molecule has 0 amide bonds. The number of hydrogen-bond acceptors (Lipinski definition) is 3. The van der Waals surface area contributed by atoms with E-state index < -0.39 is 0 Å². The van der Waals surface area contributed by atoms with Gasteiger partial charge in [0, 0.05) is 13.1 Å². The van der Waals surface area contributed by atoms with Gasteiger partial charge in [0.15, 0.2) is 0 Å². The number of morpholine rings is 1. The third-order valence-corrected chi connectivity index (χ3v) is 2.05. The average Bonchev–Trinajstić information content (AvgIpc) is 2.24. The normalized spacial score (nSPS) is 22.2. The van der Waals surface area contributed by atoms with Crippen molar-refractivity contribution in [2.45, 2.75) is 26.7 Å². The summed E-state index contributed by atoms with van der Waals surface area (Å²) in [4.78, 5) is 0. The van der Waals surface area contributed by atoms with E-state index in [4.69, 9.17) is 4.74 Å². The number of rotatable bonds is 0. The second kappa shape index (κ2) is 9.96. The van der Waals surface area contributed by atoms with E-state index in [0.717, 1.165) is 26.3 Å². The fourth-order valence-electron chi connectivity index (χ4n) is 1.32. The van der Waals surface area contributed by atoms with Crippen LogP contribution in [-0.4, -0.2) is 39.4 Å². The Hall–Kier alpha value is -0.120. The molecule has 3 nitrogen and oxygen atoms in total. The second-order valence-corrected chi connectivity index (χ2v) is 3.17. The molecule has 2 N–H and O–H groups in total. The summed E-state index contributed by atoms with van der Waals surface area (Å²) in [6.07, 6.45) is 4.22. The van der Waals surface area contributed by atoms with Crippen molar-refractivity contribution in [3.8, 4) is 0 Å². The number of nitrogens with one attached hydrogen (secondary N) is 2. The van der Waals surface area contributed by atoms with Crippen molar-refractivity contribution in [2.24, 2.45) is 0 Å². The molecule has 0 aromatic rings. The van der Waals surface area contributed by atoms with Gasteiger partial charge in [-0.1, -0.05) is 13.8 Å². The van der Waals surface area contributed by atoms with E-state index in [-0.39, 0.29) is 7.43 Å². The van der Waals surface area contributed by atoms with Crippen molar-refractivity contribution >= 4 is 0 Å². The van der Waals surface area contributed by atoms with Crippen molar-refractivity contribution in [1.29, 1.82) is 0 Å². The lowest BCUT2D eigenvalue weighted by atomic mass is 10.2. The Kier molecular flexibility index (Phi) is 9.87. The van der Waals surface area contributed by atoms with E-state index in [1.807, 2.05) is 0 Å². The highest BCUT2D eigenvalue weighted by Gasteiger charge is 1.94. The number of hydrogen-bond donors (Lipinski definition) is 2. The summed E-state index contributed by atoms with van der Waals surface area (Å²) >= 11 is 0. The van der Waals surface area contributed by atoms with Gasteiger partial charge in [-0.2, -0.15) is 0 Å². The Morgan fingerprint density at radius 1 is 0.692 bits per heavy atom. The Morgan fingerprint density at radius 2 is 1.23 bits per heavy atom. The van der Waals surface area contributed by atoms with Gasteiger partial charge in [-0.15, -0.1) is 0 Å². The zero-order valence-electron chi connectivity index (χ0n) is 7.77. The van der Waals surface area contributed by atoms with Gasteiger partial charge in [0.1, 0.15) is 0 Å². The lowest BCUT2D eigenvalue weighted by Gasteiger charge is -2.10. The minimum Gasteiger partial charge on any atom is -0.379 e. The highest BCUT2D eigenvalue weighted by Crippen LogP contribution is 1.96. The van der Waals surface area contributed by atoms with E-state index in [2.05, 4.69) is 10.6 Å². The number of ether oxygens (including phenoxy) is 1. The monoisotopic (exact) mass is 188 g/mol. The van der Waals surface area contributed by atoms with Crippen LogP contribution < -0.4 is 10.6 Å². The summed E-state index contributed by atoms with van der Waals surface area (Å²) in [5.74, 6) is 0.